The van der Waals surface area contributed by atoms with Gasteiger partial charge in [0, 0.05) is 10.2 Å². The summed E-state index contributed by atoms with van der Waals surface area (Å²) in [7, 11) is -3.64. The highest BCUT2D eigenvalue weighted by atomic mass is 79.9. The van der Waals surface area contributed by atoms with Gasteiger partial charge in [0.05, 0.1) is 11.9 Å². The molecule has 0 saturated heterocycles. The van der Waals surface area contributed by atoms with E-state index in [9.17, 15) is 13.2 Å². The summed E-state index contributed by atoms with van der Waals surface area (Å²) < 4.78 is 26.4. The van der Waals surface area contributed by atoms with E-state index in [4.69, 9.17) is 0 Å². The summed E-state index contributed by atoms with van der Waals surface area (Å²) in [6.45, 7) is 7.97. The molecule has 152 valence electrons. The van der Waals surface area contributed by atoms with E-state index < -0.39 is 10.0 Å². The number of anilines is 2. The third-order valence-electron chi connectivity index (χ3n) is 4.45. The largest absolute Gasteiger partial charge is 0.324 e. The first-order chi connectivity index (χ1) is 13.0. The summed E-state index contributed by atoms with van der Waals surface area (Å²) in [5, 5.41) is 2.97. The second kappa shape index (κ2) is 9.09. The van der Waals surface area contributed by atoms with Gasteiger partial charge in [0.25, 0.3) is 0 Å². The molecule has 0 aliphatic rings. The van der Waals surface area contributed by atoms with E-state index in [-0.39, 0.29) is 24.3 Å². The van der Waals surface area contributed by atoms with Crippen LogP contribution in [0.4, 0.5) is 11.4 Å². The van der Waals surface area contributed by atoms with Crippen LogP contribution in [0.1, 0.15) is 50.7 Å². The highest BCUT2D eigenvalue weighted by Gasteiger charge is 2.24. The van der Waals surface area contributed by atoms with Gasteiger partial charge in [-0.05, 0) is 51.0 Å². The van der Waals surface area contributed by atoms with Crippen molar-refractivity contribution < 1.29 is 13.2 Å². The molecule has 1 amide bonds. The number of hydrogen-bond donors (Lipinski definition) is 1. The zero-order chi connectivity index (χ0) is 21.1. The number of carbonyl (C=O) groups excluding carboxylic acids is 1. The van der Waals surface area contributed by atoms with Gasteiger partial charge in [-0.3, -0.25) is 9.10 Å². The average molecular weight is 467 g/mol. The summed E-state index contributed by atoms with van der Waals surface area (Å²) in [5.41, 5.74) is 3.28. The fourth-order valence-electron chi connectivity index (χ4n) is 3.04. The summed E-state index contributed by atoms with van der Waals surface area (Å²) in [6.07, 6.45) is 1.10. The van der Waals surface area contributed by atoms with E-state index in [1.54, 1.807) is 24.3 Å². The molecule has 5 nitrogen and oxygen atoms in total. The third-order valence-corrected chi connectivity index (χ3v) is 6.24. The lowest BCUT2D eigenvalue weighted by atomic mass is 9.92. The van der Waals surface area contributed by atoms with Crippen LogP contribution in [-0.2, 0) is 14.8 Å². The summed E-state index contributed by atoms with van der Waals surface area (Å²) >= 11 is 3.37. The van der Waals surface area contributed by atoms with Crippen LogP contribution in [0, 0.1) is 0 Å². The molecule has 2 aromatic rings. The van der Waals surface area contributed by atoms with E-state index in [1.165, 1.54) is 0 Å². The van der Waals surface area contributed by atoms with Crippen molar-refractivity contribution >= 4 is 43.2 Å². The Bertz CT molecular complexity index is 930. The number of rotatable bonds is 7. The molecule has 0 unspecified atom stereocenters. The number of hydrogen-bond acceptors (Lipinski definition) is 3. The Balaban J connectivity index is 2.38. The van der Waals surface area contributed by atoms with Crippen molar-refractivity contribution in [3.63, 3.8) is 0 Å². The van der Waals surface area contributed by atoms with E-state index in [2.05, 4.69) is 48.9 Å². The maximum Gasteiger partial charge on any atom is 0.245 e. The maximum absolute atomic E-state index is 12.9. The zero-order valence-electron chi connectivity index (χ0n) is 16.9. The smallest absolute Gasteiger partial charge is 0.245 e. The second-order valence-electron chi connectivity index (χ2n) is 7.39. The average Bonchev–Trinajstić information content (AvgIpc) is 2.59. The molecular formula is C21H27BrN2O3S. The molecule has 0 saturated carbocycles. The number of benzene rings is 2. The Morgan fingerprint density at radius 2 is 1.54 bits per heavy atom. The molecule has 2 aromatic carbocycles. The minimum absolute atomic E-state index is 0.225. The van der Waals surface area contributed by atoms with Crippen molar-refractivity contribution in [1.29, 1.82) is 0 Å². The van der Waals surface area contributed by atoms with Crippen molar-refractivity contribution in [3.05, 3.63) is 58.1 Å². The van der Waals surface area contributed by atoms with E-state index >= 15 is 0 Å². The molecule has 0 aliphatic carbocycles. The summed E-state index contributed by atoms with van der Waals surface area (Å²) in [6, 6.07) is 12.9. The number of carbonyl (C=O) groups is 1. The van der Waals surface area contributed by atoms with Gasteiger partial charge < -0.3 is 5.32 Å². The fraction of sp³-hybridized carbons (Fsp3) is 0.381. The molecule has 0 aliphatic heterocycles. The van der Waals surface area contributed by atoms with Crippen LogP contribution in [-0.4, -0.2) is 27.1 Å². The highest BCUT2D eigenvalue weighted by Crippen LogP contribution is 2.33. The normalized spacial score (nSPS) is 11.7. The molecule has 2 rings (SSSR count). The van der Waals surface area contributed by atoms with Gasteiger partial charge in [-0.2, -0.15) is 0 Å². The highest BCUT2D eigenvalue weighted by molar-refractivity contribution is 9.10. The van der Waals surface area contributed by atoms with Crippen molar-refractivity contribution in [2.45, 2.75) is 39.5 Å². The number of sulfonamides is 1. The molecule has 0 spiro atoms. The van der Waals surface area contributed by atoms with Gasteiger partial charge in [0.15, 0.2) is 0 Å². The molecule has 0 aromatic heterocycles. The predicted molar refractivity (Wildman–Crippen MR) is 120 cm³/mol. The van der Waals surface area contributed by atoms with E-state index in [1.807, 2.05) is 18.2 Å². The Labute approximate surface area is 176 Å². The summed E-state index contributed by atoms with van der Waals surface area (Å²) in [5.74, 6) is 0.0720. The third kappa shape index (κ3) is 5.35. The molecule has 0 radical (unpaired) electrons. The molecule has 0 heterocycles. The zero-order valence-corrected chi connectivity index (χ0v) is 19.3. The lowest BCUT2D eigenvalue weighted by molar-refractivity contribution is -0.114. The molecular weight excluding hydrogens is 440 g/mol. The summed E-state index contributed by atoms with van der Waals surface area (Å²) in [4.78, 5) is 12.9. The van der Waals surface area contributed by atoms with Crippen molar-refractivity contribution in [2.24, 2.45) is 0 Å². The molecule has 0 bridgehead atoms. The lowest BCUT2D eigenvalue weighted by Gasteiger charge is -2.25. The Hall–Kier alpha value is -1.86. The topological polar surface area (TPSA) is 66.5 Å². The number of nitrogens with zero attached hydrogens (tertiary/aromatic N) is 1. The Morgan fingerprint density at radius 3 is 2.00 bits per heavy atom. The van der Waals surface area contributed by atoms with Gasteiger partial charge in [0.1, 0.15) is 6.54 Å². The van der Waals surface area contributed by atoms with E-state index in [0.29, 0.717) is 10.2 Å². The standard InChI is InChI=1S/C21H27BrN2O3S/c1-14(2)16-9-8-10-17(15(3)4)21(16)23-20(25)13-24(28(5,26)27)19-12-7-6-11-18(19)22/h6-12,14-15H,13H2,1-5H3,(H,23,25). The molecule has 0 fully saturated rings. The minimum atomic E-state index is -3.64. The number of amides is 1. The number of para-hydroxylation sites is 2. The van der Waals surface area contributed by atoms with Crippen LogP contribution >= 0.6 is 15.9 Å². The molecule has 0 atom stereocenters. The van der Waals surface area contributed by atoms with Gasteiger partial charge in [-0.25, -0.2) is 8.42 Å². The first kappa shape index (κ1) is 22.4. The van der Waals surface area contributed by atoms with Gasteiger partial charge in [0.2, 0.25) is 15.9 Å². The van der Waals surface area contributed by atoms with Gasteiger partial charge in [-0.1, -0.05) is 58.0 Å². The van der Waals surface area contributed by atoms with Crippen molar-refractivity contribution in [1.82, 2.24) is 0 Å². The van der Waals surface area contributed by atoms with Gasteiger partial charge >= 0.3 is 0 Å². The second-order valence-corrected chi connectivity index (χ2v) is 10.2. The van der Waals surface area contributed by atoms with Crippen molar-refractivity contribution in [3.8, 4) is 0 Å². The monoisotopic (exact) mass is 466 g/mol. The Kier molecular flexibility index (Phi) is 7.28. The minimum Gasteiger partial charge on any atom is -0.324 e. The predicted octanol–water partition coefficient (Wildman–Crippen LogP) is 5.10. The number of nitrogens with one attached hydrogen (secondary N) is 1. The van der Waals surface area contributed by atoms with Crippen LogP contribution in [0.25, 0.3) is 0 Å². The van der Waals surface area contributed by atoms with Crippen LogP contribution in [0.2, 0.25) is 0 Å². The first-order valence-corrected chi connectivity index (χ1v) is 11.8. The Morgan fingerprint density at radius 1 is 1.00 bits per heavy atom. The van der Waals surface area contributed by atoms with Crippen LogP contribution in [0.15, 0.2) is 46.9 Å². The number of halogens is 1. The quantitative estimate of drug-likeness (QED) is 0.616. The maximum atomic E-state index is 12.9. The SMILES string of the molecule is CC(C)c1cccc(C(C)C)c1NC(=O)CN(c1ccccc1Br)S(C)(=O)=O. The van der Waals surface area contributed by atoms with Crippen LogP contribution < -0.4 is 9.62 Å². The van der Waals surface area contributed by atoms with Crippen molar-refractivity contribution in [2.75, 3.05) is 22.4 Å². The first-order valence-electron chi connectivity index (χ1n) is 9.17. The molecule has 28 heavy (non-hydrogen) atoms. The van der Waals surface area contributed by atoms with Crippen LogP contribution in [0.3, 0.4) is 0 Å². The molecule has 1 N–H and O–H groups in total. The van der Waals surface area contributed by atoms with Crippen LogP contribution in [0.5, 0.6) is 0 Å². The molecule has 7 heteroatoms. The van der Waals surface area contributed by atoms with E-state index in [0.717, 1.165) is 27.4 Å². The lowest BCUT2D eigenvalue weighted by Crippen LogP contribution is -2.38. The fourth-order valence-corrected chi connectivity index (χ4v) is 4.52. The van der Waals surface area contributed by atoms with Gasteiger partial charge in [-0.15, -0.1) is 0 Å².